The molecule has 152 valence electrons. The Bertz CT molecular complexity index is 1070. The third-order valence-corrected chi connectivity index (χ3v) is 5.31. The highest BCUT2D eigenvalue weighted by molar-refractivity contribution is 7.20. The van der Waals surface area contributed by atoms with E-state index in [0.717, 1.165) is 17.1 Å². The molecule has 2 aromatic heterocycles. The number of thiophene rings is 1. The number of fused-ring (bicyclic) bond motifs is 1. The van der Waals surface area contributed by atoms with Crippen molar-refractivity contribution in [2.24, 2.45) is 0 Å². The van der Waals surface area contributed by atoms with Gasteiger partial charge in [0.05, 0.1) is 24.9 Å². The van der Waals surface area contributed by atoms with E-state index in [1.54, 1.807) is 13.8 Å². The van der Waals surface area contributed by atoms with Crippen LogP contribution < -0.4 is 15.6 Å². The summed E-state index contributed by atoms with van der Waals surface area (Å²) >= 11 is 1.11. The lowest BCUT2D eigenvalue weighted by Gasteiger charge is -2.09. The van der Waals surface area contributed by atoms with Crippen LogP contribution in [0.15, 0.2) is 41.5 Å². The van der Waals surface area contributed by atoms with E-state index in [1.807, 2.05) is 30.3 Å². The molecule has 3 rings (SSSR count). The number of nitrogens with one attached hydrogen (secondary N) is 1. The molecule has 2 heterocycles. The van der Waals surface area contributed by atoms with Crippen molar-refractivity contribution < 1.29 is 19.1 Å². The van der Waals surface area contributed by atoms with Crippen molar-refractivity contribution in [2.75, 3.05) is 19.8 Å². The number of esters is 1. The maximum absolute atomic E-state index is 12.8. The molecule has 0 fully saturated rings. The fourth-order valence-corrected chi connectivity index (χ4v) is 3.78. The normalized spacial score (nSPS) is 10.7. The third-order valence-electron chi connectivity index (χ3n) is 4.13. The lowest BCUT2D eigenvalue weighted by atomic mass is 10.2. The first-order valence-electron chi connectivity index (χ1n) is 9.11. The largest absolute Gasteiger partial charge is 0.492 e. The second-order valence-corrected chi connectivity index (χ2v) is 7.14. The standard InChI is InChI=1S/C20H21N3O5S/c1-3-27-20(26)17-13(2)16-18(29-17)22-12-23(19(16)25)11-15(24)21-9-10-28-14-7-5-4-6-8-14/h4-8,12H,3,9-11H2,1-2H3,(H,21,24). The van der Waals surface area contributed by atoms with Crippen LogP contribution in [0.3, 0.4) is 0 Å². The number of para-hydroxylation sites is 1. The molecule has 0 aliphatic heterocycles. The Labute approximate surface area is 171 Å². The Morgan fingerprint density at radius 1 is 1.24 bits per heavy atom. The number of nitrogens with zero attached hydrogens (tertiary/aromatic N) is 2. The highest BCUT2D eigenvalue weighted by Gasteiger charge is 2.20. The van der Waals surface area contributed by atoms with Gasteiger partial charge in [-0.2, -0.15) is 0 Å². The summed E-state index contributed by atoms with van der Waals surface area (Å²) in [6.45, 7) is 4.10. The van der Waals surface area contributed by atoms with E-state index in [9.17, 15) is 14.4 Å². The molecule has 0 radical (unpaired) electrons. The molecule has 0 atom stereocenters. The van der Waals surface area contributed by atoms with E-state index >= 15 is 0 Å². The van der Waals surface area contributed by atoms with Crippen LogP contribution in [0.4, 0.5) is 0 Å². The zero-order valence-electron chi connectivity index (χ0n) is 16.1. The summed E-state index contributed by atoms with van der Waals surface area (Å²) in [6.07, 6.45) is 1.32. The summed E-state index contributed by atoms with van der Waals surface area (Å²) in [5, 5.41) is 3.04. The summed E-state index contributed by atoms with van der Waals surface area (Å²) in [5.41, 5.74) is 0.155. The van der Waals surface area contributed by atoms with Crippen LogP contribution in [0, 0.1) is 6.92 Å². The van der Waals surface area contributed by atoms with E-state index < -0.39 is 5.97 Å². The minimum atomic E-state index is -0.477. The average molecular weight is 415 g/mol. The van der Waals surface area contributed by atoms with Crippen molar-refractivity contribution in [3.8, 4) is 5.75 Å². The van der Waals surface area contributed by atoms with E-state index in [2.05, 4.69) is 10.3 Å². The molecule has 0 bridgehead atoms. The number of carbonyl (C=O) groups is 2. The van der Waals surface area contributed by atoms with Gasteiger partial charge in [-0.1, -0.05) is 18.2 Å². The average Bonchev–Trinajstić information content (AvgIpc) is 3.06. The highest BCUT2D eigenvalue weighted by atomic mass is 32.1. The third kappa shape index (κ3) is 4.80. The predicted molar refractivity (Wildman–Crippen MR) is 110 cm³/mol. The van der Waals surface area contributed by atoms with E-state index in [0.29, 0.717) is 33.8 Å². The first-order chi connectivity index (χ1) is 14.0. The van der Waals surface area contributed by atoms with Crippen molar-refractivity contribution in [3.05, 3.63) is 57.5 Å². The molecule has 0 saturated carbocycles. The summed E-state index contributed by atoms with van der Waals surface area (Å²) in [6, 6.07) is 9.28. The fraction of sp³-hybridized carbons (Fsp3) is 0.300. The maximum atomic E-state index is 12.8. The van der Waals surface area contributed by atoms with Gasteiger partial charge in [0.2, 0.25) is 5.91 Å². The highest BCUT2D eigenvalue weighted by Crippen LogP contribution is 2.27. The minimum absolute atomic E-state index is 0.170. The number of hydrogen-bond donors (Lipinski definition) is 1. The molecule has 0 unspecified atom stereocenters. The van der Waals surface area contributed by atoms with Crippen LogP contribution in [0.25, 0.3) is 10.2 Å². The van der Waals surface area contributed by atoms with Gasteiger partial charge in [0.25, 0.3) is 5.56 Å². The number of benzene rings is 1. The molecule has 0 aliphatic rings. The molecular formula is C20H21N3O5S. The Hall–Kier alpha value is -3.20. The lowest BCUT2D eigenvalue weighted by Crippen LogP contribution is -2.34. The summed E-state index contributed by atoms with van der Waals surface area (Å²) < 4.78 is 11.8. The molecule has 8 nitrogen and oxygen atoms in total. The Kier molecular flexibility index (Phi) is 6.61. The van der Waals surface area contributed by atoms with Crippen LogP contribution in [-0.4, -0.2) is 41.2 Å². The van der Waals surface area contributed by atoms with Gasteiger partial charge in [0, 0.05) is 0 Å². The van der Waals surface area contributed by atoms with Crippen molar-refractivity contribution in [1.82, 2.24) is 14.9 Å². The van der Waals surface area contributed by atoms with Crippen molar-refractivity contribution in [2.45, 2.75) is 20.4 Å². The number of aryl methyl sites for hydroxylation is 1. The number of aromatic nitrogens is 2. The van der Waals surface area contributed by atoms with Gasteiger partial charge in [-0.25, -0.2) is 9.78 Å². The first-order valence-corrected chi connectivity index (χ1v) is 9.93. The van der Waals surface area contributed by atoms with E-state index in [1.165, 1.54) is 10.9 Å². The Morgan fingerprint density at radius 3 is 2.72 bits per heavy atom. The second-order valence-electron chi connectivity index (χ2n) is 6.15. The maximum Gasteiger partial charge on any atom is 0.348 e. The number of rotatable bonds is 8. The summed E-state index contributed by atoms with van der Waals surface area (Å²) in [5.74, 6) is -0.0866. The Balaban J connectivity index is 1.64. The summed E-state index contributed by atoms with van der Waals surface area (Å²) in [7, 11) is 0. The zero-order valence-corrected chi connectivity index (χ0v) is 17.0. The van der Waals surface area contributed by atoms with Crippen molar-refractivity contribution in [3.63, 3.8) is 0 Å². The van der Waals surface area contributed by atoms with E-state index in [4.69, 9.17) is 9.47 Å². The van der Waals surface area contributed by atoms with Gasteiger partial charge in [0.15, 0.2) is 0 Å². The smallest absolute Gasteiger partial charge is 0.348 e. The fourth-order valence-electron chi connectivity index (χ4n) is 2.75. The van der Waals surface area contributed by atoms with Gasteiger partial charge in [-0.15, -0.1) is 11.3 Å². The van der Waals surface area contributed by atoms with Gasteiger partial charge in [0.1, 0.15) is 28.6 Å². The van der Waals surface area contributed by atoms with Crippen molar-refractivity contribution in [1.29, 1.82) is 0 Å². The molecule has 29 heavy (non-hydrogen) atoms. The number of ether oxygens (including phenoxy) is 2. The van der Waals surface area contributed by atoms with Crippen LogP contribution >= 0.6 is 11.3 Å². The quantitative estimate of drug-likeness (QED) is 0.447. The molecule has 0 spiro atoms. The van der Waals surface area contributed by atoms with Gasteiger partial charge in [-0.3, -0.25) is 14.2 Å². The number of hydrogen-bond acceptors (Lipinski definition) is 7. The topological polar surface area (TPSA) is 99.5 Å². The van der Waals surface area contributed by atoms with Gasteiger partial charge >= 0.3 is 5.97 Å². The predicted octanol–water partition coefficient (Wildman–Crippen LogP) is 2.14. The van der Waals surface area contributed by atoms with Crippen LogP contribution in [0.5, 0.6) is 5.75 Å². The minimum Gasteiger partial charge on any atom is -0.492 e. The van der Waals surface area contributed by atoms with E-state index in [-0.39, 0.29) is 24.6 Å². The molecular weight excluding hydrogens is 394 g/mol. The Morgan fingerprint density at radius 2 is 2.00 bits per heavy atom. The van der Waals surface area contributed by atoms with Gasteiger partial charge in [-0.05, 0) is 31.5 Å². The molecule has 0 aliphatic carbocycles. The number of carbonyl (C=O) groups excluding carboxylic acids is 2. The number of amides is 1. The molecule has 0 saturated heterocycles. The molecule has 1 aromatic carbocycles. The molecule has 1 N–H and O–H groups in total. The SMILES string of the molecule is CCOC(=O)c1sc2ncn(CC(=O)NCCOc3ccccc3)c(=O)c2c1C. The van der Waals surface area contributed by atoms with Crippen LogP contribution in [0.1, 0.15) is 22.2 Å². The summed E-state index contributed by atoms with van der Waals surface area (Å²) in [4.78, 5) is 42.0. The first kappa shape index (κ1) is 20.5. The molecule has 9 heteroatoms. The van der Waals surface area contributed by atoms with Crippen molar-refractivity contribution >= 4 is 33.4 Å². The second kappa shape index (κ2) is 9.33. The van der Waals surface area contributed by atoms with Gasteiger partial charge < -0.3 is 14.8 Å². The van der Waals surface area contributed by atoms with Crippen LogP contribution in [0.2, 0.25) is 0 Å². The zero-order chi connectivity index (χ0) is 20.8. The van der Waals surface area contributed by atoms with Crippen LogP contribution in [-0.2, 0) is 16.1 Å². The lowest BCUT2D eigenvalue weighted by molar-refractivity contribution is -0.121. The monoisotopic (exact) mass is 415 g/mol. The molecule has 3 aromatic rings. The molecule has 1 amide bonds.